The number of carbonyl (C=O) groups is 2. The lowest BCUT2D eigenvalue weighted by Gasteiger charge is -2.35. The van der Waals surface area contributed by atoms with Crippen molar-refractivity contribution in [2.45, 2.75) is 44.6 Å². The molecule has 0 spiro atoms. The van der Waals surface area contributed by atoms with Gasteiger partial charge < -0.3 is 14.9 Å². The maximum Gasteiger partial charge on any atom is 0.339 e. The van der Waals surface area contributed by atoms with Gasteiger partial charge in [0.15, 0.2) is 22.9 Å². The molecule has 0 unspecified atom stereocenters. The molecule has 5 nitrogen and oxygen atoms in total. The van der Waals surface area contributed by atoms with Gasteiger partial charge in [-0.2, -0.15) is 0 Å². The molecule has 1 aliphatic carbocycles. The van der Waals surface area contributed by atoms with Crippen LogP contribution in [0, 0.1) is 0 Å². The zero-order valence-electron chi connectivity index (χ0n) is 11.4. The number of aromatic hydroxyl groups is 1. The normalized spacial score (nSPS) is 17.4. The van der Waals surface area contributed by atoms with E-state index < -0.39 is 17.3 Å². The van der Waals surface area contributed by atoms with Crippen molar-refractivity contribution in [1.82, 2.24) is 0 Å². The minimum Gasteiger partial charge on any atom is -0.504 e. The first-order chi connectivity index (χ1) is 9.46. The highest BCUT2D eigenvalue weighted by Gasteiger charge is 2.39. The predicted octanol–water partition coefficient (Wildman–Crippen LogP) is 2.76. The van der Waals surface area contributed by atoms with E-state index in [2.05, 4.69) is 0 Å². The van der Waals surface area contributed by atoms with Crippen LogP contribution in [0.15, 0.2) is 18.2 Å². The summed E-state index contributed by atoms with van der Waals surface area (Å²) < 4.78 is 5.76. The molecule has 1 saturated carbocycles. The summed E-state index contributed by atoms with van der Waals surface area (Å²) in [4.78, 5) is 22.9. The maximum atomic E-state index is 11.9. The van der Waals surface area contributed by atoms with Crippen LogP contribution in [0.3, 0.4) is 0 Å². The number of hydrogen-bond donors (Lipinski definition) is 2. The van der Waals surface area contributed by atoms with Crippen LogP contribution >= 0.6 is 0 Å². The molecule has 2 N–H and O–H groups in total. The van der Waals surface area contributed by atoms with Crippen molar-refractivity contribution in [1.29, 1.82) is 0 Å². The van der Waals surface area contributed by atoms with Gasteiger partial charge in [0, 0.05) is 0 Å². The summed E-state index contributed by atoms with van der Waals surface area (Å²) in [5.41, 5.74) is -1.16. The van der Waals surface area contributed by atoms with E-state index in [1.165, 1.54) is 25.1 Å². The molecule has 1 aliphatic rings. The van der Waals surface area contributed by atoms with E-state index in [0.717, 1.165) is 19.3 Å². The lowest BCUT2D eigenvalue weighted by molar-refractivity contribution is -0.135. The topological polar surface area (TPSA) is 83.8 Å². The number of Topliss-reactive ketones (excluding diaryl/α,β-unsaturated/α-hetero) is 1. The molecular formula is C15H18O5. The van der Waals surface area contributed by atoms with Gasteiger partial charge in [-0.25, -0.2) is 4.79 Å². The smallest absolute Gasteiger partial charge is 0.339 e. The van der Waals surface area contributed by atoms with Gasteiger partial charge in [0.05, 0.1) is 0 Å². The molecule has 2 rings (SSSR count). The highest BCUT2D eigenvalue weighted by molar-refractivity contribution is 5.92. The molecule has 20 heavy (non-hydrogen) atoms. The quantitative estimate of drug-likeness (QED) is 0.884. The van der Waals surface area contributed by atoms with Crippen molar-refractivity contribution in [2.24, 2.45) is 0 Å². The number of aromatic carboxylic acids is 1. The Morgan fingerprint density at radius 2 is 1.85 bits per heavy atom. The zero-order valence-corrected chi connectivity index (χ0v) is 11.4. The molecule has 5 heteroatoms. The van der Waals surface area contributed by atoms with Crippen molar-refractivity contribution in [3.8, 4) is 11.5 Å². The average Bonchev–Trinajstić information content (AvgIpc) is 2.41. The molecule has 0 aromatic heterocycles. The molecule has 1 fully saturated rings. The van der Waals surface area contributed by atoms with Gasteiger partial charge in [0.2, 0.25) is 0 Å². The third-order valence-electron chi connectivity index (χ3n) is 3.84. The fourth-order valence-electron chi connectivity index (χ4n) is 2.64. The molecular weight excluding hydrogens is 260 g/mol. The Kier molecular flexibility index (Phi) is 3.97. The SMILES string of the molecule is CC(=O)C1(Oc2cccc(C(=O)O)c2O)CCCCC1. The number of benzene rings is 1. The van der Waals surface area contributed by atoms with Crippen LogP contribution in [0.2, 0.25) is 0 Å². The average molecular weight is 278 g/mol. The molecule has 0 aliphatic heterocycles. The van der Waals surface area contributed by atoms with E-state index >= 15 is 0 Å². The van der Waals surface area contributed by atoms with E-state index in [1.54, 1.807) is 0 Å². The summed E-state index contributed by atoms with van der Waals surface area (Å²) in [5, 5.41) is 19.0. The number of carboxylic acid groups (broad SMARTS) is 1. The summed E-state index contributed by atoms with van der Waals surface area (Å²) in [5.74, 6) is -1.68. The van der Waals surface area contributed by atoms with Crippen molar-refractivity contribution in [3.05, 3.63) is 23.8 Å². The molecule has 0 saturated heterocycles. The van der Waals surface area contributed by atoms with Gasteiger partial charge in [-0.1, -0.05) is 12.5 Å². The number of ether oxygens (including phenoxy) is 1. The fourth-order valence-corrected chi connectivity index (χ4v) is 2.64. The zero-order chi connectivity index (χ0) is 14.8. The molecule has 0 radical (unpaired) electrons. The first-order valence-corrected chi connectivity index (χ1v) is 6.71. The molecule has 1 aromatic rings. The standard InChI is InChI=1S/C15H18O5/c1-10(16)15(8-3-2-4-9-15)20-12-7-5-6-11(13(12)17)14(18)19/h5-7,17H,2-4,8-9H2,1H3,(H,18,19). The van der Waals surface area contributed by atoms with Crippen molar-refractivity contribution in [2.75, 3.05) is 0 Å². The van der Waals surface area contributed by atoms with E-state index in [0.29, 0.717) is 12.8 Å². The van der Waals surface area contributed by atoms with Gasteiger partial charge in [0.1, 0.15) is 5.56 Å². The monoisotopic (exact) mass is 278 g/mol. The first-order valence-electron chi connectivity index (χ1n) is 6.71. The summed E-state index contributed by atoms with van der Waals surface area (Å²) in [6.45, 7) is 1.48. The van der Waals surface area contributed by atoms with E-state index in [9.17, 15) is 14.7 Å². The number of para-hydroxylation sites is 1. The van der Waals surface area contributed by atoms with Crippen LogP contribution < -0.4 is 4.74 Å². The number of phenols is 1. The molecule has 1 aromatic carbocycles. The molecule has 0 heterocycles. The summed E-state index contributed by atoms with van der Waals surface area (Å²) in [6, 6.07) is 4.28. The van der Waals surface area contributed by atoms with Gasteiger partial charge >= 0.3 is 5.97 Å². The Balaban J connectivity index is 2.34. The summed E-state index contributed by atoms with van der Waals surface area (Å²) in [6.07, 6.45) is 4.02. The Hall–Kier alpha value is -2.04. The molecule has 0 bridgehead atoms. The number of carboxylic acids is 1. The largest absolute Gasteiger partial charge is 0.504 e. The maximum absolute atomic E-state index is 11.9. The van der Waals surface area contributed by atoms with E-state index in [4.69, 9.17) is 9.84 Å². The van der Waals surface area contributed by atoms with Crippen molar-refractivity contribution in [3.63, 3.8) is 0 Å². The Morgan fingerprint density at radius 1 is 1.20 bits per heavy atom. The molecule has 0 atom stereocenters. The van der Waals surface area contributed by atoms with Gasteiger partial charge in [0.25, 0.3) is 0 Å². The highest BCUT2D eigenvalue weighted by atomic mass is 16.5. The van der Waals surface area contributed by atoms with E-state index in [1.807, 2.05) is 0 Å². The van der Waals surface area contributed by atoms with Crippen LogP contribution in [-0.4, -0.2) is 27.6 Å². The predicted molar refractivity (Wildman–Crippen MR) is 72.2 cm³/mol. The van der Waals surface area contributed by atoms with Crippen LogP contribution in [0.4, 0.5) is 0 Å². The van der Waals surface area contributed by atoms with Crippen molar-refractivity contribution < 1.29 is 24.5 Å². The number of rotatable bonds is 4. The van der Waals surface area contributed by atoms with Gasteiger partial charge in [-0.3, -0.25) is 4.79 Å². The minimum absolute atomic E-state index is 0.0574. The van der Waals surface area contributed by atoms with Gasteiger partial charge in [-0.05, 0) is 44.7 Å². The number of carbonyl (C=O) groups excluding carboxylic acids is 1. The lowest BCUT2D eigenvalue weighted by Crippen LogP contribution is -2.45. The van der Waals surface area contributed by atoms with E-state index in [-0.39, 0.29) is 17.1 Å². The minimum atomic E-state index is -1.23. The molecule has 108 valence electrons. The second-order valence-electron chi connectivity index (χ2n) is 5.17. The second kappa shape index (κ2) is 5.53. The van der Waals surface area contributed by atoms with Crippen LogP contribution in [0.5, 0.6) is 11.5 Å². The van der Waals surface area contributed by atoms with Crippen LogP contribution in [0.1, 0.15) is 49.4 Å². The Labute approximate surface area is 117 Å². The first kappa shape index (κ1) is 14.4. The lowest BCUT2D eigenvalue weighted by atomic mass is 9.82. The molecule has 0 amide bonds. The summed E-state index contributed by atoms with van der Waals surface area (Å²) in [7, 11) is 0. The fraction of sp³-hybridized carbons (Fsp3) is 0.467. The Morgan fingerprint density at radius 3 is 2.40 bits per heavy atom. The Bertz CT molecular complexity index is 529. The van der Waals surface area contributed by atoms with Crippen LogP contribution in [-0.2, 0) is 4.79 Å². The number of ketones is 1. The number of hydrogen-bond acceptors (Lipinski definition) is 4. The highest BCUT2D eigenvalue weighted by Crippen LogP contribution is 2.38. The van der Waals surface area contributed by atoms with Crippen LogP contribution in [0.25, 0.3) is 0 Å². The van der Waals surface area contributed by atoms with Gasteiger partial charge in [-0.15, -0.1) is 0 Å². The summed E-state index contributed by atoms with van der Waals surface area (Å²) >= 11 is 0. The third-order valence-corrected chi connectivity index (χ3v) is 3.84. The third kappa shape index (κ3) is 2.61. The second-order valence-corrected chi connectivity index (χ2v) is 5.17. The van der Waals surface area contributed by atoms with Crippen molar-refractivity contribution >= 4 is 11.8 Å².